The molecule has 2 aromatic heterocycles. The van der Waals surface area contributed by atoms with E-state index in [1.807, 2.05) is 25.1 Å². The van der Waals surface area contributed by atoms with Gasteiger partial charge < -0.3 is 19.6 Å². The average molecular weight is 438 g/mol. The molecule has 1 fully saturated rings. The van der Waals surface area contributed by atoms with Crippen molar-refractivity contribution in [1.29, 1.82) is 0 Å². The molecule has 1 amide bonds. The van der Waals surface area contributed by atoms with E-state index in [0.29, 0.717) is 16.3 Å². The molecule has 1 aliphatic rings. The van der Waals surface area contributed by atoms with E-state index >= 15 is 0 Å². The van der Waals surface area contributed by atoms with Gasteiger partial charge in [0.2, 0.25) is 0 Å². The van der Waals surface area contributed by atoms with Crippen molar-refractivity contribution < 1.29 is 9.32 Å². The second-order valence-corrected chi connectivity index (χ2v) is 8.78. The summed E-state index contributed by atoms with van der Waals surface area (Å²) in [5.74, 6) is 1.19. The predicted molar refractivity (Wildman–Crippen MR) is 124 cm³/mol. The fourth-order valence-corrected chi connectivity index (χ4v) is 4.51. The van der Waals surface area contributed by atoms with E-state index in [1.165, 1.54) is 17.4 Å². The van der Waals surface area contributed by atoms with Crippen LogP contribution in [-0.4, -0.2) is 54.2 Å². The fraction of sp³-hybridized carbons (Fsp3) is 0.348. The second-order valence-electron chi connectivity index (χ2n) is 7.82. The minimum Gasteiger partial charge on any atom is -0.369 e. The maximum atomic E-state index is 13.0. The highest BCUT2D eigenvalue weighted by molar-refractivity contribution is 7.98. The Hall–Kier alpha value is -2.84. The SMILES string of the molecule is Cc1cc(CSc2ncccc2C(=O)Nc2ccc(N3CCN(C)CC3)c(C)c2)no1. The van der Waals surface area contributed by atoms with Gasteiger partial charge in [-0.15, -0.1) is 0 Å². The summed E-state index contributed by atoms with van der Waals surface area (Å²) < 4.78 is 5.11. The first-order chi connectivity index (χ1) is 15.0. The van der Waals surface area contributed by atoms with Gasteiger partial charge in [0.25, 0.3) is 5.91 Å². The lowest BCUT2D eigenvalue weighted by Crippen LogP contribution is -2.44. The summed E-state index contributed by atoms with van der Waals surface area (Å²) in [5.41, 5.74) is 4.55. The Bertz CT molecular complexity index is 1060. The molecule has 0 radical (unpaired) electrons. The summed E-state index contributed by atoms with van der Waals surface area (Å²) in [4.78, 5) is 22.1. The molecule has 1 N–H and O–H groups in total. The van der Waals surface area contributed by atoms with Gasteiger partial charge in [-0.3, -0.25) is 4.79 Å². The quantitative estimate of drug-likeness (QED) is 0.585. The van der Waals surface area contributed by atoms with Gasteiger partial charge >= 0.3 is 0 Å². The number of carbonyl (C=O) groups excluding carboxylic acids is 1. The fourth-order valence-electron chi connectivity index (χ4n) is 3.64. The number of aromatic nitrogens is 2. The molecule has 162 valence electrons. The first kappa shape index (κ1) is 21.4. The number of anilines is 2. The van der Waals surface area contributed by atoms with Gasteiger partial charge in [-0.1, -0.05) is 16.9 Å². The van der Waals surface area contributed by atoms with Crippen molar-refractivity contribution in [2.75, 3.05) is 43.4 Å². The number of amides is 1. The van der Waals surface area contributed by atoms with Gasteiger partial charge in [0.15, 0.2) is 0 Å². The summed E-state index contributed by atoms with van der Waals surface area (Å²) in [7, 11) is 2.15. The van der Waals surface area contributed by atoms with Gasteiger partial charge in [-0.2, -0.15) is 0 Å². The molecule has 1 saturated heterocycles. The molecule has 4 rings (SSSR count). The highest BCUT2D eigenvalue weighted by Gasteiger charge is 2.17. The molecule has 0 atom stereocenters. The summed E-state index contributed by atoms with van der Waals surface area (Å²) in [5, 5.41) is 7.70. The Morgan fingerprint density at radius 2 is 1.97 bits per heavy atom. The number of benzene rings is 1. The van der Waals surface area contributed by atoms with Crippen LogP contribution >= 0.6 is 11.8 Å². The van der Waals surface area contributed by atoms with Crippen LogP contribution in [0.5, 0.6) is 0 Å². The number of thioether (sulfide) groups is 1. The summed E-state index contributed by atoms with van der Waals surface area (Å²) >= 11 is 1.47. The smallest absolute Gasteiger partial charge is 0.258 e. The van der Waals surface area contributed by atoms with Gasteiger partial charge in [0.05, 0.1) is 11.3 Å². The van der Waals surface area contributed by atoms with E-state index in [1.54, 1.807) is 18.3 Å². The van der Waals surface area contributed by atoms with Crippen molar-refractivity contribution in [3.63, 3.8) is 0 Å². The van der Waals surface area contributed by atoms with Crippen molar-refractivity contribution in [3.8, 4) is 0 Å². The van der Waals surface area contributed by atoms with Crippen LogP contribution in [-0.2, 0) is 5.75 Å². The van der Waals surface area contributed by atoms with Crippen molar-refractivity contribution in [1.82, 2.24) is 15.0 Å². The van der Waals surface area contributed by atoms with Crippen molar-refractivity contribution in [2.24, 2.45) is 0 Å². The molecule has 31 heavy (non-hydrogen) atoms. The number of pyridine rings is 1. The lowest BCUT2D eigenvalue weighted by molar-refractivity contribution is 0.102. The summed E-state index contributed by atoms with van der Waals surface area (Å²) in [6.07, 6.45) is 1.70. The van der Waals surface area contributed by atoms with E-state index < -0.39 is 0 Å². The first-order valence-corrected chi connectivity index (χ1v) is 11.3. The van der Waals surface area contributed by atoms with Crippen molar-refractivity contribution in [3.05, 3.63) is 65.2 Å². The highest BCUT2D eigenvalue weighted by atomic mass is 32.2. The van der Waals surface area contributed by atoms with Crippen LogP contribution in [0, 0.1) is 13.8 Å². The normalized spacial score (nSPS) is 14.6. The largest absolute Gasteiger partial charge is 0.369 e. The standard InChI is InChI=1S/C23H27N5O2S/c1-16-13-18(6-7-21(16)28-11-9-27(3)10-12-28)25-22(29)20-5-4-8-24-23(20)31-15-19-14-17(2)30-26-19/h4-8,13-14H,9-12,15H2,1-3H3,(H,25,29). The van der Waals surface area contributed by atoms with Crippen LogP contribution in [0.2, 0.25) is 0 Å². The first-order valence-electron chi connectivity index (χ1n) is 10.3. The Balaban J connectivity index is 1.44. The monoisotopic (exact) mass is 437 g/mol. The zero-order valence-corrected chi connectivity index (χ0v) is 18.9. The number of carbonyl (C=O) groups is 1. The number of rotatable bonds is 6. The van der Waals surface area contributed by atoms with Crippen LogP contribution in [0.15, 0.2) is 52.1 Å². The third kappa shape index (κ3) is 5.26. The van der Waals surface area contributed by atoms with Crippen LogP contribution in [0.25, 0.3) is 0 Å². The number of hydrogen-bond donors (Lipinski definition) is 1. The van der Waals surface area contributed by atoms with E-state index in [4.69, 9.17) is 4.52 Å². The lowest BCUT2D eigenvalue weighted by atomic mass is 10.1. The van der Waals surface area contributed by atoms with E-state index in [-0.39, 0.29) is 5.91 Å². The number of piperazine rings is 1. The maximum Gasteiger partial charge on any atom is 0.258 e. The molecule has 0 aliphatic carbocycles. The minimum atomic E-state index is -0.168. The Morgan fingerprint density at radius 3 is 2.68 bits per heavy atom. The number of nitrogens with zero attached hydrogens (tertiary/aromatic N) is 4. The molecule has 0 unspecified atom stereocenters. The van der Waals surface area contributed by atoms with Gasteiger partial charge in [-0.25, -0.2) is 4.98 Å². The molecule has 1 aliphatic heterocycles. The zero-order chi connectivity index (χ0) is 21.8. The third-order valence-electron chi connectivity index (χ3n) is 5.35. The molecular formula is C23H27N5O2S. The van der Waals surface area contributed by atoms with Crippen molar-refractivity contribution in [2.45, 2.75) is 24.6 Å². The van der Waals surface area contributed by atoms with Crippen molar-refractivity contribution >= 4 is 29.0 Å². The molecule has 8 heteroatoms. The lowest BCUT2D eigenvalue weighted by Gasteiger charge is -2.35. The van der Waals surface area contributed by atoms with E-state index in [2.05, 4.69) is 45.3 Å². The topological polar surface area (TPSA) is 74.5 Å². The Labute approximate surface area is 186 Å². The molecule has 0 bridgehead atoms. The highest BCUT2D eigenvalue weighted by Crippen LogP contribution is 2.27. The molecule has 3 heterocycles. The summed E-state index contributed by atoms with van der Waals surface area (Å²) in [6, 6.07) is 11.6. The molecule has 3 aromatic rings. The average Bonchev–Trinajstić information content (AvgIpc) is 3.18. The predicted octanol–water partition coefficient (Wildman–Crippen LogP) is 3.98. The van der Waals surface area contributed by atoms with Gasteiger partial charge in [-0.05, 0) is 56.8 Å². The molecule has 0 saturated carbocycles. The molecule has 1 aromatic carbocycles. The van der Waals surface area contributed by atoms with Crippen LogP contribution in [0.3, 0.4) is 0 Å². The molecular weight excluding hydrogens is 410 g/mol. The second kappa shape index (κ2) is 9.53. The Kier molecular flexibility index (Phi) is 6.58. The minimum absolute atomic E-state index is 0.168. The van der Waals surface area contributed by atoms with E-state index in [0.717, 1.165) is 48.9 Å². The number of likely N-dealkylation sites (N-methyl/N-ethyl adjacent to an activating group) is 1. The number of aryl methyl sites for hydroxylation is 2. The third-order valence-corrected chi connectivity index (χ3v) is 6.39. The van der Waals surface area contributed by atoms with E-state index in [9.17, 15) is 4.79 Å². The van der Waals surface area contributed by atoms with Crippen LogP contribution in [0.1, 0.15) is 27.4 Å². The summed E-state index contributed by atoms with van der Waals surface area (Å²) in [6.45, 7) is 8.11. The number of nitrogens with one attached hydrogen (secondary N) is 1. The zero-order valence-electron chi connectivity index (χ0n) is 18.1. The van der Waals surface area contributed by atoms with Crippen LogP contribution in [0.4, 0.5) is 11.4 Å². The van der Waals surface area contributed by atoms with Gasteiger partial charge in [0.1, 0.15) is 10.8 Å². The Morgan fingerprint density at radius 1 is 1.16 bits per heavy atom. The molecule has 7 nitrogen and oxygen atoms in total. The maximum absolute atomic E-state index is 13.0. The van der Waals surface area contributed by atoms with Crippen LogP contribution < -0.4 is 10.2 Å². The number of hydrogen-bond acceptors (Lipinski definition) is 7. The van der Waals surface area contributed by atoms with Gasteiger partial charge in [0, 0.05) is 55.6 Å². The molecule has 0 spiro atoms.